The molecule has 1 fully saturated rings. The van der Waals surface area contributed by atoms with E-state index in [1.54, 1.807) is 0 Å². The topological polar surface area (TPSA) is 83.6 Å². The van der Waals surface area contributed by atoms with Gasteiger partial charge < -0.3 is 10.8 Å². The van der Waals surface area contributed by atoms with Crippen molar-refractivity contribution in [2.75, 3.05) is 13.6 Å². The van der Waals surface area contributed by atoms with Gasteiger partial charge in [-0.15, -0.1) is 0 Å². The molecule has 0 radical (unpaired) electrons. The van der Waals surface area contributed by atoms with Gasteiger partial charge in [-0.1, -0.05) is 36.4 Å². The van der Waals surface area contributed by atoms with E-state index in [0.29, 0.717) is 0 Å². The Morgan fingerprint density at radius 3 is 2.72 bits per heavy atom. The summed E-state index contributed by atoms with van der Waals surface area (Å²) in [4.78, 5) is 26.3. The van der Waals surface area contributed by atoms with Gasteiger partial charge in [0, 0.05) is 5.56 Å². The number of carboxylic acid groups (broad SMARTS) is 1. The number of benzene rings is 2. The number of carbonyl (C=O) groups excluding carboxylic acids is 1. The first-order valence-electron chi connectivity index (χ1n) is 8.59. The molecule has 2 atom stereocenters. The van der Waals surface area contributed by atoms with Crippen LogP contribution in [-0.4, -0.2) is 46.9 Å². The standard InChI is InChI=1S/C20H24N2O3/c1-20(9-4-10-22(20)2)18(23)16-6-3-5-14-11-13(7-8-15(14)16)12-17(21)19(24)25/h3,5-8,11,17H,4,9-10,12,21H2,1-2H3,(H,24,25)/t17-,20-/m0/s1. The van der Waals surface area contributed by atoms with Gasteiger partial charge in [-0.2, -0.15) is 0 Å². The summed E-state index contributed by atoms with van der Waals surface area (Å²) < 4.78 is 0. The van der Waals surface area contributed by atoms with Crippen LogP contribution < -0.4 is 5.73 Å². The second kappa shape index (κ2) is 6.58. The Labute approximate surface area is 147 Å². The van der Waals surface area contributed by atoms with E-state index < -0.39 is 17.6 Å². The highest BCUT2D eigenvalue weighted by molar-refractivity contribution is 6.12. The molecule has 0 unspecified atom stereocenters. The number of hydrogen-bond donors (Lipinski definition) is 2. The molecule has 0 aliphatic carbocycles. The lowest BCUT2D eigenvalue weighted by Crippen LogP contribution is -2.45. The van der Waals surface area contributed by atoms with Gasteiger partial charge >= 0.3 is 5.97 Å². The Kier molecular flexibility index (Phi) is 4.62. The van der Waals surface area contributed by atoms with Gasteiger partial charge in [0.2, 0.25) is 0 Å². The maximum absolute atomic E-state index is 13.2. The van der Waals surface area contributed by atoms with Gasteiger partial charge in [0.05, 0.1) is 5.54 Å². The fourth-order valence-electron chi connectivity index (χ4n) is 3.67. The number of hydrogen-bond acceptors (Lipinski definition) is 4. The van der Waals surface area contributed by atoms with Gasteiger partial charge in [0.25, 0.3) is 0 Å². The van der Waals surface area contributed by atoms with Crippen LogP contribution in [0.2, 0.25) is 0 Å². The Morgan fingerprint density at radius 1 is 1.32 bits per heavy atom. The lowest BCUT2D eigenvalue weighted by Gasteiger charge is -2.31. The summed E-state index contributed by atoms with van der Waals surface area (Å²) in [7, 11) is 2.00. The van der Waals surface area contributed by atoms with Crippen LogP contribution in [0.25, 0.3) is 10.8 Å². The maximum Gasteiger partial charge on any atom is 0.320 e. The predicted molar refractivity (Wildman–Crippen MR) is 97.9 cm³/mol. The lowest BCUT2D eigenvalue weighted by atomic mass is 9.86. The quantitative estimate of drug-likeness (QED) is 0.817. The van der Waals surface area contributed by atoms with E-state index in [1.165, 1.54) is 0 Å². The maximum atomic E-state index is 13.2. The molecule has 3 rings (SSSR count). The number of Topliss-reactive ketones (excluding diaryl/α,β-unsaturated/α-hetero) is 1. The van der Waals surface area contributed by atoms with Gasteiger partial charge in [-0.3, -0.25) is 14.5 Å². The molecule has 132 valence electrons. The molecule has 2 aromatic carbocycles. The van der Waals surface area contributed by atoms with Crippen molar-refractivity contribution >= 4 is 22.5 Å². The summed E-state index contributed by atoms with van der Waals surface area (Å²) in [6, 6.07) is 10.5. The van der Waals surface area contributed by atoms with Gasteiger partial charge in [0.1, 0.15) is 6.04 Å². The summed E-state index contributed by atoms with van der Waals surface area (Å²) in [6.45, 7) is 2.95. The van der Waals surface area contributed by atoms with Crippen LogP contribution in [-0.2, 0) is 11.2 Å². The lowest BCUT2D eigenvalue weighted by molar-refractivity contribution is -0.138. The molecule has 0 spiro atoms. The van der Waals surface area contributed by atoms with Crippen LogP contribution in [0, 0.1) is 0 Å². The molecule has 1 heterocycles. The third-order valence-electron chi connectivity index (χ3n) is 5.45. The molecule has 2 aromatic rings. The van der Waals surface area contributed by atoms with Crippen molar-refractivity contribution in [3.63, 3.8) is 0 Å². The number of carboxylic acids is 1. The number of nitrogens with zero attached hydrogens (tertiary/aromatic N) is 1. The van der Waals surface area contributed by atoms with Crippen LogP contribution in [0.15, 0.2) is 36.4 Å². The van der Waals surface area contributed by atoms with Crippen molar-refractivity contribution in [1.29, 1.82) is 0 Å². The number of rotatable bonds is 5. The Hall–Kier alpha value is -2.24. The first-order valence-corrected chi connectivity index (χ1v) is 8.59. The number of carbonyl (C=O) groups is 2. The minimum absolute atomic E-state index is 0.146. The fourth-order valence-corrected chi connectivity index (χ4v) is 3.67. The van der Waals surface area contributed by atoms with Crippen LogP contribution in [0.1, 0.15) is 35.7 Å². The molecule has 1 saturated heterocycles. The fraction of sp³-hybridized carbons (Fsp3) is 0.400. The van der Waals surface area contributed by atoms with Crippen molar-refractivity contribution in [2.24, 2.45) is 5.73 Å². The minimum atomic E-state index is -1.01. The second-order valence-corrected chi connectivity index (χ2v) is 7.14. The second-order valence-electron chi connectivity index (χ2n) is 7.14. The first kappa shape index (κ1) is 17.6. The van der Waals surface area contributed by atoms with E-state index in [-0.39, 0.29) is 12.2 Å². The number of fused-ring (bicyclic) bond motifs is 1. The Morgan fingerprint density at radius 2 is 2.08 bits per heavy atom. The number of nitrogens with two attached hydrogens (primary N) is 1. The summed E-state index contributed by atoms with van der Waals surface area (Å²) in [6.07, 6.45) is 2.16. The molecule has 3 N–H and O–H groups in total. The predicted octanol–water partition coefficient (Wildman–Crippen LogP) is 2.46. The summed E-state index contributed by atoms with van der Waals surface area (Å²) in [5, 5.41) is 10.8. The molecule has 25 heavy (non-hydrogen) atoms. The highest BCUT2D eigenvalue weighted by Crippen LogP contribution is 2.33. The van der Waals surface area contributed by atoms with Gasteiger partial charge in [-0.05, 0) is 56.1 Å². The third-order valence-corrected chi connectivity index (χ3v) is 5.45. The zero-order valence-corrected chi connectivity index (χ0v) is 14.7. The molecule has 0 saturated carbocycles. The number of ketones is 1. The first-order chi connectivity index (χ1) is 11.8. The normalized spacial score (nSPS) is 22.2. The van der Waals surface area contributed by atoms with Crippen molar-refractivity contribution in [3.05, 3.63) is 47.5 Å². The molecule has 1 aliphatic rings. The molecule has 0 aromatic heterocycles. The molecule has 5 heteroatoms. The van der Waals surface area contributed by atoms with E-state index in [0.717, 1.165) is 41.3 Å². The van der Waals surface area contributed by atoms with Crippen molar-refractivity contribution in [3.8, 4) is 0 Å². The van der Waals surface area contributed by atoms with Crippen LogP contribution in [0.4, 0.5) is 0 Å². The average molecular weight is 340 g/mol. The molecular formula is C20H24N2O3. The van der Waals surface area contributed by atoms with Crippen molar-refractivity contribution in [2.45, 2.75) is 37.8 Å². The van der Waals surface area contributed by atoms with Crippen molar-refractivity contribution < 1.29 is 14.7 Å². The van der Waals surface area contributed by atoms with E-state index in [4.69, 9.17) is 10.8 Å². The molecule has 0 amide bonds. The van der Waals surface area contributed by atoms with Gasteiger partial charge in [-0.25, -0.2) is 0 Å². The zero-order valence-electron chi connectivity index (χ0n) is 14.7. The van der Waals surface area contributed by atoms with Crippen LogP contribution in [0.5, 0.6) is 0 Å². The highest BCUT2D eigenvalue weighted by atomic mass is 16.4. The Balaban J connectivity index is 1.98. The minimum Gasteiger partial charge on any atom is -0.480 e. The van der Waals surface area contributed by atoms with E-state index in [9.17, 15) is 9.59 Å². The van der Waals surface area contributed by atoms with Gasteiger partial charge in [0.15, 0.2) is 5.78 Å². The van der Waals surface area contributed by atoms with E-state index >= 15 is 0 Å². The van der Waals surface area contributed by atoms with Crippen LogP contribution >= 0.6 is 0 Å². The van der Waals surface area contributed by atoms with E-state index in [1.807, 2.05) is 50.4 Å². The number of aliphatic carboxylic acids is 1. The van der Waals surface area contributed by atoms with Crippen LogP contribution in [0.3, 0.4) is 0 Å². The summed E-state index contributed by atoms with van der Waals surface area (Å²) in [5.41, 5.74) is 6.75. The third kappa shape index (κ3) is 3.17. The summed E-state index contributed by atoms with van der Waals surface area (Å²) in [5.74, 6) is -0.866. The zero-order chi connectivity index (χ0) is 18.2. The molecule has 1 aliphatic heterocycles. The monoisotopic (exact) mass is 340 g/mol. The molecule has 5 nitrogen and oxygen atoms in total. The largest absolute Gasteiger partial charge is 0.480 e. The highest BCUT2D eigenvalue weighted by Gasteiger charge is 2.41. The average Bonchev–Trinajstić information content (AvgIpc) is 2.93. The SMILES string of the molecule is CN1CCC[C@@]1(C)C(=O)c1cccc2cc(C[C@H](N)C(=O)O)ccc12. The number of likely N-dealkylation sites (N-methyl/N-ethyl adjacent to an activating group) is 1. The molecule has 0 bridgehead atoms. The van der Waals surface area contributed by atoms with Crippen molar-refractivity contribution in [1.82, 2.24) is 4.90 Å². The molecular weight excluding hydrogens is 316 g/mol. The smallest absolute Gasteiger partial charge is 0.320 e. The Bertz CT molecular complexity index is 833. The number of likely N-dealkylation sites (tertiary alicyclic amines) is 1. The van der Waals surface area contributed by atoms with E-state index in [2.05, 4.69) is 4.90 Å². The summed E-state index contributed by atoms with van der Waals surface area (Å²) >= 11 is 0.